The number of carboxylic acids is 1. The first kappa shape index (κ1) is 16.1. The van der Waals surface area contributed by atoms with E-state index in [9.17, 15) is 9.36 Å². The van der Waals surface area contributed by atoms with Crippen LogP contribution in [-0.4, -0.2) is 39.7 Å². The van der Waals surface area contributed by atoms with E-state index < -0.39 is 28.1 Å². The molecule has 0 saturated heterocycles. The molecule has 0 bridgehead atoms. The summed E-state index contributed by atoms with van der Waals surface area (Å²) in [6, 6.07) is -1.03. The average Bonchev–Trinajstić information content (AvgIpc) is 2.00. The number of nitrogens with two attached hydrogens (primary N) is 1. The minimum absolute atomic E-state index is 0.0412. The van der Waals surface area contributed by atoms with E-state index in [1.54, 1.807) is 0 Å². The Labute approximate surface area is 82.7 Å². The van der Waals surface area contributed by atoms with Gasteiger partial charge in [-0.05, 0) is 6.42 Å². The molecule has 0 radical (unpaired) electrons. The predicted octanol–water partition coefficient (Wildman–Crippen LogP) is -0.126. The van der Waals surface area contributed by atoms with Gasteiger partial charge in [0.25, 0.3) is 0 Å². The van der Waals surface area contributed by atoms with Gasteiger partial charge in [0.2, 0.25) is 0 Å². The highest BCUT2D eigenvalue weighted by atomic mass is 31.2. The average molecular weight is 245 g/mol. The van der Waals surface area contributed by atoms with Crippen molar-refractivity contribution in [2.45, 2.75) is 12.5 Å². The molecule has 2 atom stereocenters. The number of hydrogen-bond donors (Lipinski definition) is 4. The molecular formula is C5H13NO6P2. The van der Waals surface area contributed by atoms with Crippen molar-refractivity contribution < 1.29 is 28.8 Å². The second-order valence-corrected chi connectivity index (χ2v) is 5.30. The Morgan fingerprint density at radius 2 is 2.00 bits per heavy atom. The molecule has 0 aromatic carbocycles. The Morgan fingerprint density at radius 3 is 2.21 bits per heavy atom. The van der Waals surface area contributed by atoms with Crippen molar-refractivity contribution in [3.05, 3.63) is 0 Å². The lowest BCUT2D eigenvalue weighted by atomic mass is 10.2. The molecule has 0 saturated carbocycles. The lowest BCUT2D eigenvalue weighted by molar-refractivity contribution is -0.138. The van der Waals surface area contributed by atoms with E-state index in [0.29, 0.717) is 0 Å². The van der Waals surface area contributed by atoms with Crippen LogP contribution in [0.5, 0.6) is 0 Å². The van der Waals surface area contributed by atoms with E-state index in [1.165, 1.54) is 6.66 Å². The minimum Gasteiger partial charge on any atom is -0.480 e. The Bertz CT molecular complexity index is 226. The van der Waals surface area contributed by atoms with E-state index in [1.807, 2.05) is 0 Å². The molecule has 7 nitrogen and oxygen atoms in total. The first-order valence-electron chi connectivity index (χ1n) is 3.49. The highest BCUT2D eigenvalue weighted by Crippen LogP contribution is 2.35. The second kappa shape index (κ2) is 8.03. The summed E-state index contributed by atoms with van der Waals surface area (Å²) in [6.45, 7) is 1.18. The summed E-state index contributed by atoms with van der Waals surface area (Å²) in [7, 11) is -3.94. The third kappa shape index (κ3) is 14.2. The maximum Gasteiger partial charge on any atom is 0.324 e. The van der Waals surface area contributed by atoms with Gasteiger partial charge in [0.1, 0.15) is 6.04 Å². The maximum atomic E-state index is 10.6. The van der Waals surface area contributed by atoms with Crippen LogP contribution in [-0.2, 0) is 13.9 Å². The van der Waals surface area contributed by atoms with Crippen molar-refractivity contribution in [1.82, 2.24) is 0 Å². The van der Waals surface area contributed by atoms with Gasteiger partial charge >= 0.3 is 14.7 Å². The fourth-order valence-corrected chi connectivity index (χ4v) is 1.26. The van der Waals surface area contributed by atoms with E-state index >= 15 is 0 Å². The molecule has 0 aromatic rings. The summed E-state index contributed by atoms with van der Waals surface area (Å²) < 4.78 is 19.1. The smallest absolute Gasteiger partial charge is 0.324 e. The van der Waals surface area contributed by atoms with Crippen molar-refractivity contribution >= 4 is 22.0 Å². The van der Waals surface area contributed by atoms with Crippen molar-refractivity contribution in [3.8, 4) is 0 Å². The van der Waals surface area contributed by atoms with Crippen LogP contribution in [0.25, 0.3) is 0 Å². The molecule has 0 aliphatic carbocycles. The van der Waals surface area contributed by atoms with Crippen LogP contribution in [0.15, 0.2) is 0 Å². The molecule has 9 heteroatoms. The fraction of sp³-hybridized carbons (Fsp3) is 0.800. The van der Waals surface area contributed by atoms with Crippen LogP contribution in [0, 0.1) is 0 Å². The third-order valence-electron chi connectivity index (χ3n) is 1.17. The van der Waals surface area contributed by atoms with Gasteiger partial charge in [0.15, 0.2) is 7.37 Å². The van der Waals surface area contributed by atoms with Gasteiger partial charge < -0.3 is 20.6 Å². The zero-order valence-corrected chi connectivity index (χ0v) is 9.32. The van der Waals surface area contributed by atoms with Gasteiger partial charge in [-0.25, -0.2) is 4.57 Å². The molecule has 0 aromatic heterocycles. The monoisotopic (exact) mass is 245 g/mol. The van der Waals surface area contributed by atoms with Gasteiger partial charge in [-0.3, -0.25) is 9.36 Å². The van der Waals surface area contributed by atoms with E-state index in [4.69, 9.17) is 25.2 Å². The Morgan fingerprint density at radius 1 is 1.64 bits per heavy atom. The number of carboxylic acid groups (broad SMARTS) is 1. The van der Waals surface area contributed by atoms with Gasteiger partial charge in [0, 0.05) is 12.8 Å². The lowest BCUT2D eigenvalue weighted by Gasteiger charge is -2.07. The summed E-state index contributed by atoms with van der Waals surface area (Å²) in [5.74, 6) is -1.14. The highest BCUT2D eigenvalue weighted by Gasteiger charge is 2.16. The largest absolute Gasteiger partial charge is 0.480 e. The first-order chi connectivity index (χ1) is 6.24. The van der Waals surface area contributed by atoms with Crippen LogP contribution in [0.4, 0.5) is 0 Å². The standard InChI is InChI=1S/C5H12NO4P.HO2P/c1-11(9,10)3-2-4(6)5(7)8;1-3-2/h4H,2-3,6H2,1H3,(H,7,8)(H,9,10);(H,1,2). The molecule has 0 spiro atoms. The zero-order chi connectivity index (χ0) is 11.8. The summed E-state index contributed by atoms with van der Waals surface area (Å²) >= 11 is 0. The van der Waals surface area contributed by atoms with Crippen molar-refractivity contribution in [3.63, 3.8) is 0 Å². The van der Waals surface area contributed by atoms with Gasteiger partial charge in [-0.2, -0.15) is 0 Å². The SMILES string of the molecule is CP(=O)(O)CCC(N)C(=O)O.O=PO. The number of rotatable bonds is 4. The van der Waals surface area contributed by atoms with Crippen molar-refractivity contribution in [2.24, 2.45) is 5.73 Å². The van der Waals surface area contributed by atoms with Gasteiger partial charge in [0.05, 0.1) is 0 Å². The quantitative estimate of drug-likeness (QED) is 0.506. The molecule has 0 aliphatic heterocycles. The Kier molecular flexibility index (Phi) is 9.24. The van der Waals surface area contributed by atoms with Gasteiger partial charge in [-0.1, -0.05) is 0 Å². The van der Waals surface area contributed by atoms with E-state index in [0.717, 1.165) is 0 Å². The normalized spacial score (nSPS) is 16.3. The molecule has 0 fully saturated rings. The fourth-order valence-electron chi connectivity index (χ4n) is 0.502. The molecule has 0 aliphatic rings. The molecule has 14 heavy (non-hydrogen) atoms. The number of hydrogen-bond acceptors (Lipinski definition) is 4. The van der Waals surface area contributed by atoms with Crippen LogP contribution in [0.2, 0.25) is 0 Å². The molecule has 5 N–H and O–H groups in total. The van der Waals surface area contributed by atoms with Gasteiger partial charge in [-0.15, -0.1) is 0 Å². The summed E-state index contributed by atoms with van der Waals surface area (Å²) in [6.07, 6.45) is 0.0000772. The molecule has 84 valence electrons. The van der Waals surface area contributed by atoms with E-state index in [-0.39, 0.29) is 12.6 Å². The molecule has 0 amide bonds. The molecular weight excluding hydrogens is 232 g/mol. The molecule has 2 unspecified atom stereocenters. The molecule has 0 heterocycles. The van der Waals surface area contributed by atoms with Crippen molar-refractivity contribution in [1.29, 1.82) is 0 Å². The summed E-state index contributed by atoms with van der Waals surface area (Å²) in [5, 5.41) is 8.28. The maximum absolute atomic E-state index is 10.6. The van der Waals surface area contributed by atoms with Crippen LogP contribution < -0.4 is 5.73 Å². The van der Waals surface area contributed by atoms with Crippen molar-refractivity contribution in [2.75, 3.05) is 12.8 Å². The third-order valence-corrected chi connectivity index (χ3v) is 2.26. The Balaban J connectivity index is 0. The van der Waals surface area contributed by atoms with Crippen LogP contribution in [0.1, 0.15) is 6.42 Å². The lowest BCUT2D eigenvalue weighted by Crippen LogP contribution is -2.30. The van der Waals surface area contributed by atoms with Crippen LogP contribution in [0.3, 0.4) is 0 Å². The highest BCUT2D eigenvalue weighted by molar-refractivity contribution is 7.57. The molecule has 0 rings (SSSR count). The number of carbonyl (C=O) groups is 1. The van der Waals surface area contributed by atoms with E-state index in [2.05, 4.69) is 0 Å². The number of aliphatic carboxylic acids is 1. The first-order valence-corrected chi connectivity index (χ1v) is 6.54. The topological polar surface area (TPSA) is 138 Å². The summed E-state index contributed by atoms with van der Waals surface area (Å²) in [4.78, 5) is 25.9. The Hall–Kier alpha value is -0.320. The zero-order valence-electron chi connectivity index (χ0n) is 7.53. The second-order valence-electron chi connectivity index (χ2n) is 2.59. The van der Waals surface area contributed by atoms with Crippen LogP contribution >= 0.6 is 16.1 Å². The predicted molar refractivity (Wildman–Crippen MR) is 50.7 cm³/mol. The summed E-state index contributed by atoms with van der Waals surface area (Å²) in [5.41, 5.74) is 5.09. The minimum atomic E-state index is -3.10.